The fourth-order valence-electron chi connectivity index (χ4n) is 1.12. The molecule has 1 rings (SSSR count). The summed E-state index contributed by atoms with van der Waals surface area (Å²) in [6.07, 6.45) is 3.16. The quantitative estimate of drug-likeness (QED) is 0.622. The van der Waals surface area contributed by atoms with Crippen LogP contribution in [-0.2, 0) is 9.84 Å². The molecule has 0 amide bonds. The van der Waals surface area contributed by atoms with Crippen LogP contribution in [0.25, 0.3) is 0 Å². The van der Waals surface area contributed by atoms with Crippen LogP contribution >= 0.6 is 11.8 Å². The lowest BCUT2D eigenvalue weighted by molar-refractivity contribution is 0.0696. The molecule has 0 spiro atoms. The normalized spacial score (nSPS) is 11.4. The number of hydrogen-bond acceptors (Lipinski definition) is 5. The van der Waals surface area contributed by atoms with Crippen LogP contribution in [0.3, 0.4) is 0 Å². The summed E-state index contributed by atoms with van der Waals surface area (Å²) < 4.78 is 21.8. The Morgan fingerprint density at radius 2 is 2.24 bits per heavy atom. The molecule has 1 heterocycles. The monoisotopic (exact) mass is 275 g/mol. The van der Waals surface area contributed by atoms with Crippen molar-refractivity contribution in [3.05, 3.63) is 23.9 Å². The van der Waals surface area contributed by atoms with Gasteiger partial charge >= 0.3 is 5.97 Å². The SMILES string of the molecule is CS(=O)(=O)CCCSc1cc(C(=O)O)ccn1. The maximum absolute atomic E-state index is 10.9. The number of carboxylic acid groups (broad SMARTS) is 1. The highest BCUT2D eigenvalue weighted by Crippen LogP contribution is 2.17. The van der Waals surface area contributed by atoms with E-state index < -0.39 is 15.8 Å². The third-order valence-electron chi connectivity index (χ3n) is 1.89. The van der Waals surface area contributed by atoms with Crippen molar-refractivity contribution in [2.45, 2.75) is 11.4 Å². The smallest absolute Gasteiger partial charge is 0.335 e. The molecule has 0 fully saturated rings. The van der Waals surface area contributed by atoms with Crippen LogP contribution in [0.15, 0.2) is 23.4 Å². The van der Waals surface area contributed by atoms with Gasteiger partial charge in [-0.05, 0) is 18.6 Å². The van der Waals surface area contributed by atoms with Crippen LogP contribution in [0.4, 0.5) is 0 Å². The number of sulfone groups is 1. The van der Waals surface area contributed by atoms with E-state index in [1.807, 2.05) is 0 Å². The first-order valence-corrected chi connectivity index (χ1v) is 7.93. The number of carboxylic acids is 1. The zero-order valence-corrected chi connectivity index (χ0v) is 10.9. The zero-order valence-electron chi connectivity index (χ0n) is 9.29. The van der Waals surface area contributed by atoms with Crippen molar-refractivity contribution >= 4 is 27.6 Å². The van der Waals surface area contributed by atoms with Gasteiger partial charge in [-0.2, -0.15) is 0 Å². The van der Waals surface area contributed by atoms with Gasteiger partial charge in [0.1, 0.15) is 9.84 Å². The molecule has 1 N–H and O–H groups in total. The standard InChI is InChI=1S/C10H13NO4S2/c1-17(14,15)6-2-5-16-9-7-8(10(12)13)3-4-11-9/h3-4,7H,2,5-6H2,1H3,(H,12,13). The van der Waals surface area contributed by atoms with Gasteiger partial charge in [0, 0.05) is 18.2 Å². The number of rotatable bonds is 6. The molecule has 0 saturated heterocycles. The van der Waals surface area contributed by atoms with Gasteiger partial charge in [-0.1, -0.05) is 0 Å². The van der Waals surface area contributed by atoms with E-state index in [1.54, 1.807) is 0 Å². The molecule has 0 unspecified atom stereocenters. The Hall–Kier alpha value is -1.08. The van der Waals surface area contributed by atoms with E-state index in [0.717, 1.165) is 0 Å². The van der Waals surface area contributed by atoms with Gasteiger partial charge in [0.15, 0.2) is 0 Å². The van der Waals surface area contributed by atoms with Crippen LogP contribution in [0.2, 0.25) is 0 Å². The average Bonchev–Trinajstić information content (AvgIpc) is 2.23. The number of thioether (sulfide) groups is 1. The molecule has 7 heteroatoms. The summed E-state index contributed by atoms with van der Waals surface area (Å²) in [5.41, 5.74) is 0.186. The van der Waals surface area contributed by atoms with Gasteiger partial charge < -0.3 is 5.11 Å². The van der Waals surface area contributed by atoms with Crippen molar-refractivity contribution in [3.8, 4) is 0 Å². The Kier molecular flexibility index (Phi) is 4.95. The van der Waals surface area contributed by atoms with Crippen molar-refractivity contribution in [3.63, 3.8) is 0 Å². The molecule has 1 aromatic heterocycles. The first-order chi connectivity index (χ1) is 7.88. The minimum atomic E-state index is -2.93. The van der Waals surface area contributed by atoms with Crippen molar-refractivity contribution in [1.29, 1.82) is 0 Å². The van der Waals surface area contributed by atoms with Gasteiger partial charge in [0.05, 0.1) is 16.3 Å². The van der Waals surface area contributed by atoms with Crippen LogP contribution in [0.1, 0.15) is 16.8 Å². The van der Waals surface area contributed by atoms with Crippen molar-refractivity contribution in [1.82, 2.24) is 4.98 Å². The largest absolute Gasteiger partial charge is 0.478 e. The molecule has 0 aliphatic heterocycles. The molecule has 94 valence electrons. The molecule has 5 nitrogen and oxygen atoms in total. The molecule has 0 aromatic carbocycles. The summed E-state index contributed by atoms with van der Waals surface area (Å²) in [6, 6.07) is 2.90. The molecule has 0 atom stereocenters. The molecule has 0 bridgehead atoms. The number of aromatic carboxylic acids is 1. The summed E-state index contributed by atoms with van der Waals surface area (Å²) in [4.78, 5) is 14.7. The second-order valence-corrected chi connectivity index (χ2v) is 6.89. The molecular formula is C10H13NO4S2. The fraction of sp³-hybridized carbons (Fsp3) is 0.400. The molecule has 0 radical (unpaired) electrons. The Balaban J connectivity index is 2.47. The molecule has 1 aromatic rings. The topological polar surface area (TPSA) is 84.3 Å². The maximum Gasteiger partial charge on any atom is 0.335 e. The highest BCUT2D eigenvalue weighted by Gasteiger charge is 2.05. The predicted octanol–water partition coefficient (Wildman–Crippen LogP) is 1.31. The Bertz CT molecular complexity index is 499. The van der Waals surface area contributed by atoms with E-state index in [-0.39, 0.29) is 11.3 Å². The van der Waals surface area contributed by atoms with E-state index in [1.165, 1.54) is 36.3 Å². The highest BCUT2D eigenvalue weighted by molar-refractivity contribution is 7.99. The Morgan fingerprint density at radius 1 is 1.53 bits per heavy atom. The summed E-state index contributed by atoms with van der Waals surface area (Å²) in [7, 11) is -2.93. The molecular weight excluding hydrogens is 262 g/mol. The molecule has 0 aliphatic rings. The summed E-state index contributed by atoms with van der Waals surface area (Å²) in [5.74, 6) is -0.257. The lowest BCUT2D eigenvalue weighted by atomic mass is 10.3. The zero-order chi connectivity index (χ0) is 12.9. The first kappa shape index (κ1) is 14.0. The van der Waals surface area contributed by atoms with Crippen molar-refractivity contribution in [2.24, 2.45) is 0 Å². The van der Waals surface area contributed by atoms with Crippen LogP contribution < -0.4 is 0 Å². The Morgan fingerprint density at radius 3 is 2.82 bits per heavy atom. The lowest BCUT2D eigenvalue weighted by Gasteiger charge is -2.01. The molecule has 0 saturated carbocycles. The second kappa shape index (κ2) is 6.02. The third kappa shape index (κ3) is 5.69. The van der Waals surface area contributed by atoms with Crippen molar-refractivity contribution < 1.29 is 18.3 Å². The average molecular weight is 275 g/mol. The van der Waals surface area contributed by atoms with E-state index in [2.05, 4.69) is 4.98 Å². The van der Waals surface area contributed by atoms with E-state index in [0.29, 0.717) is 17.2 Å². The predicted molar refractivity (Wildman–Crippen MR) is 66.2 cm³/mol. The van der Waals surface area contributed by atoms with Crippen LogP contribution in [0, 0.1) is 0 Å². The number of pyridine rings is 1. The number of aromatic nitrogens is 1. The van der Waals surface area contributed by atoms with E-state index >= 15 is 0 Å². The molecule has 17 heavy (non-hydrogen) atoms. The summed E-state index contributed by atoms with van der Waals surface area (Å²) >= 11 is 1.35. The van der Waals surface area contributed by atoms with Gasteiger partial charge in [0.25, 0.3) is 0 Å². The summed E-state index contributed by atoms with van der Waals surface area (Å²) in [6.45, 7) is 0. The number of carbonyl (C=O) groups is 1. The summed E-state index contributed by atoms with van der Waals surface area (Å²) in [5, 5.41) is 9.37. The number of hydrogen-bond donors (Lipinski definition) is 1. The van der Waals surface area contributed by atoms with Crippen LogP contribution in [-0.4, -0.2) is 42.2 Å². The van der Waals surface area contributed by atoms with E-state index in [9.17, 15) is 13.2 Å². The van der Waals surface area contributed by atoms with Gasteiger partial charge in [-0.15, -0.1) is 11.8 Å². The third-order valence-corrected chi connectivity index (χ3v) is 3.93. The van der Waals surface area contributed by atoms with Gasteiger partial charge in [-0.3, -0.25) is 0 Å². The first-order valence-electron chi connectivity index (χ1n) is 4.88. The minimum absolute atomic E-state index is 0.138. The van der Waals surface area contributed by atoms with Gasteiger partial charge in [0.2, 0.25) is 0 Å². The Labute approximate surface area is 104 Å². The fourth-order valence-corrected chi connectivity index (χ4v) is 2.81. The van der Waals surface area contributed by atoms with Gasteiger partial charge in [-0.25, -0.2) is 18.2 Å². The molecule has 0 aliphatic carbocycles. The van der Waals surface area contributed by atoms with Crippen molar-refractivity contribution in [2.75, 3.05) is 17.8 Å². The van der Waals surface area contributed by atoms with Crippen LogP contribution in [0.5, 0.6) is 0 Å². The number of nitrogens with zero attached hydrogens (tertiary/aromatic N) is 1. The maximum atomic E-state index is 10.9. The minimum Gasteiger partial charge on any atom is -0.478 e. The second-order valence-electron chi connectivity index (χ2n) is 3.52. The lowest BCUT2D eigenvalue weighted by Crippen LogP contribution is -2.03. The van der Waals surface area contributed by atoms with E-state index in [4.69, 9.17) is 5.11 Å². The highest BCUT2D eigenvalue weighted by atomic mass is 32.2.